The number of hydrogen-bond acceptors (Lipinski definition) is 1. The first-order valence-corrected chi connectivity index (χ1v) is 4.97. The van der Waals surface area contributed by atoms with Gasteiger partial charge in [-0.05, 0) is 26.9 Å². The van der Waals surface area contributed by atoms with E-state index in [1.165, 1.54) is 44.9 Å². The van der Waals surface area contributed by atoms with Crippen LogP contribution in [0.2, 0.25) is 0 Å². The highest BCUT2D eigenvalue weighted by Crippen LogP contribution is 2.19. The van der Waals surface area contributed by atoms with E-state index in [0.717, 1.165) is 6.04 Å². The van der Waals surface area contributed by atoms with Crippen LogP contribution in [0.3, 0.4) is 0 Å². The quantitative estimate of drug-likeness (QED) is 0.562. The summed E-state index contributed by atoms with van der Waals surface area (Å²) in [5.41, 5.74) is 0. The molecule has 1 aliphatic rings. The van der Waals surface area contributed by atoms with Crippen LogP contribution in [0, 0.1) is 0 Å². The molecule has 0 unspecified atom stereocenters. The topological polar surface area (TPSA) is 3.24 Å². The van der Waals surface area contributed by atoms with Gasteiger partial charge in [-0.2, -0.15) is 0 Å². The summed E-state index contributed by atoms with van der Waals surface area (Å²) in [6.07, 6.45) is 10.1. The Morgan fingerprint density at radius 1 is 0.818 bits per heavy atom. The molecular formula is C10H21N. The maximum atomic E-state index is 2.39. The minimum absolute atomic E-state index is 0.871. The Morgan fingerprint density at radius 2 is 1.27 bits per heavy atom. The summed E-state index contributed by atoms with van der Waals surface area (Å²) < 4.78 is 0. The molecule has 1 fully saturated rings. The van der Waals surface area contributed by atoms with E-state index in [-0.39, 0.29) is 0 Å². The van der Waals surface area contributed by atoms with Crippen molar-refractivity contribution in [2.45, 2.75) is 51.0 Å². The van der Waals surface area contributed by atoms with Gasteiger partial charge in [-0.3, -0.25) is 0 Å². The van der Waals surface area contributed by atoms with Crippen molar-refractivity contribution < 1.29 is 0 Å². The Balaban J connectivity index is 2.26. The molecule has 11 heavy (non-hydrogen) atoms. The molecule has 1 rings (SSSR count). The lowest BCUT2D eigenvalue weighted by molar-refractivity contribution is 0.242. The summed E-state index contributed by atoms with van der Waals surface area (Å²) in [4.78, 5) is 2.39. The minimum Gasteiger partial charge on any atom is -0.306 e. The number of nitrogens with zero attached hydrogens (tertiary/aromatic N) is 1. The SMILES string of the molecule is CN(C)C1CCCCCCC1. The second-order valence-electron chi connectivity index (χ2n) is 3.96. The van der Waals surface area contributed by atoms with E-state index >= 15 is 0 Å². The first-order chi connectivity index (χ1) is 5.30. The zero-order valence-electron chi connectivity index (χ0n) is 7.97. The molecule has 0 saturated heterocycles. The van der Waals surface area contributed by atoms with E-state index in [0.29, 0.717) is 0 Å². The van der Waals surface area contributed by atoms with Gasteiger partial charge in [0.25, 0.3) is 0 Å². The fourth-order valence-corrected chi connectivity index (χ4v) is 1.95. The third-order valence-electron chi connectivity index (χ3n) is 2.80. The predicted molar refractivity (Wildman–Crippen MR) is 49.8 cm³/mol. The summed E-state index contributed by atoms with van der Waals surface area (Å²) in [6.45, 7) is 0. The zero-order chi connectivity index (χ0) is 8.10. The highest BCUT2D eigenvalue weighted by Gasteiger charge is 2.12. The Kier molecular flexibility index (Phi) is 3.92. The van der Waals surface area contributed by atoms with Crippen molar-refractivity contribution in [2.75, 3.05) is 14.1 Å². The molecule has 1 heteroatoms. The molecule has 0 amide bonds. The molecule has 0 aromatic carbocycles. The smallest absolute Gasteiger partial charge is 0.00891 e. The van der Waals surface area contributed by atoms with Crippen molar-refractivity contribution in [1.82, 2.24) is 4.90 Å². The second kappa shape index (κ2) is 4.76. The Hall–Kier alpha value is -0.0400. The summed E-state index contributed by atoms with van der Waals surface area (Å²) in [7, 11) is 4.43. The third kappa shape index (κ3) is 3.24. The van der Waals surface area contributed by atoms with Crippen molar-refractivity contribution in [3.63, 3.8) is 0 Å². The van der Waals surface area contributed by atoms with Crippen LogP contribution in [-0.4, -0.2) is 25.0 Å². The summed E-state index contributed by atoms with van der Waals surface area (Å²) in [6, 6.07) is 0.871. The molecule has 1 aliphatic carbocycles. The maximum Gasteiger partial charge on any atom is 0.00891 e. The van der Waals surface area contributed by atoms with Gasteiger partial charge < -0.3 is 4.90 Å². The lowest BCUT2D eigenvalue weighted by Crippen LogP contribution is -2.28. The van der Waals surface area contributed by atoms with E-state index < -0.39 is 0 Å². The zero-order valence-corrected chi connectivity index (χ0v) is 7.97. The van der Waals surface area contributed by atoms with Crippen molar-refractivity contribution >= 4 is 0 Å². The van der Waals surface area contributed by atoms with Gasteiger partial charge >= 0.3 is 0 Å². The van der Waals surface area contributed by atoms with Crippen LogP contribution in [0.1, 0.15) is 44.9 Å². The molecule has 0 aliphatic heterocycles. The molecule has 0 aromatic rings. The van der Waals surface area contributed by atoms with Gasteiger partial charge in [-0.15, -0.1) is 0 Å². The summed E-state index contributed by atoms with van der Waals surface area (Å²) in [5, 5.41) is 0. The van der Waals surface area contributed by atoms with Gasteiger partial charge in [0.05, 0.1) is 0 Å². The molecule has 1 nitrogen and oxygen atoms in total. The standard InChI is InChI=1S/C10H21N/c1-11(2)10-8-6-4-3-5-7-9-10/h10H,3-9H2,1-2H3. The summed E-state index contributed by atoms with van der Waals surface area (Å²) in [5.74, 6) is 0. The van der Waals surface area contributed by atoms with E-state index in [1.807, 2.05) is 0 Å². The van der Waals surface area contributed by atoms with Crippen LogP contribution in [0.5, 0.6) is 0 Å². The molecule has 66 valence electrons. The average Bonchev–Trinajstić information content (AvgIpc) is 1.84. The van der Waals surface area contributed by atoms with Crippen molar-refractivity contribution in [1.29, 1.82) is 0 Å². The van der Waals surface area contributed by atoms with Gasteiger partial charge in [0.15, 0.2) is 0 Å². The van der Waals surface area contributed by atoms with Gasteiger partial charge in [0.1, 0.15) is 0 Å². The van der Waals surface area contributed by atoms with Gasteiger partial charge in [-0.25, -0.2) is 0 Å². The molecule has 0 heterocycles. The van der Waals surface area contributed by atoms with Crippen molar-refractivity contribution in [3.05, 3.63) is 0 Å². The van der Waals surface area contributed by atoms with Crippen LogP contribution in [0.25, 0.3) is 0 Å². The van der Waals surface area contributed by atoms with Gasteiger partial charge in [-0.1, -0.05) is 32.1 Å². The second-order valence-corrected chi connectivity index (χ2v) is 3.96. The average molecular weight is 155 g/mol. The van der Waals surface area contributed by atoms with Crippen LogP contribution in [0.15, 0.2) is 0 Å². The lowest BCUT2D eigenvalue weighted by atomic mass is 9.96. The molecule has 0 N–H and O–H groups in total. The first kappa shape index (κ1) is 9.05. The van der Waals surface area contributed by atoms with Crippen LogP contribution < -0.4 is 0 Å². The minimum atomic E-state index is 0.871. The number of hydrogen-bond donors (Lipinski definition) is 0. The fourth-order valence-electron chi connectivity index (χ4n) is 1.95. The van der Waals surface area contributed by atoms with E-state index in [4.69, 9.17) is 0 Å². The number of rotatable bonds is 1. The van der Waals surface area contributed by atoms with E-state index in [2.05, 4.69) is 19.0 Å². The van der Waals surface area contributed by atoms with Crippen LogP contribution in [0.4, 0.5) is 0 Å². The van der Waals surface area contributed by atoms with Gasteiger partial charge in [0.2, 0.25) is 0 Å². The van der Waals surface area contributed by atoms with Crippen LogP contribution in [-0.2, 0) is 0 Å². The highest BCUT2D eigenvalue weighted by atomic mass is 15.1. The molecule has 0 aromatic heterocycles. The lowest BCUT2D eigenvalue weighted by Gasteiger charge is -2.25. The predicted octanol–water partition coefficient (Wildman–Crippen LogP) is 2.66. The molecule has 0 atom stereocenters. The maximum absolute atomic E-state index is 2.39. The molecule has 0 bridgehead atoms. The third-order valence-corrected chi connectivity index (χ3v) is 2.80. The summed E-state index contributed by atoms with van der Waals surface area (Å²) >= 11 is 0. The Morgan fingerprint density at radius 3 is 1.73 bits per heavy atom. The largest absolute Gasteiger partial charge is 0.306 e. The normalized spacial score (nSPS) is 23.2. The molecule has 0 radical (unpaired) electrons. The van der Waals surface area contributed by atoms with Crippen molar-refractivity contribution in [2.24, 2.45) is 0 Å². The van der Waals surface area contributed by atoms with Crippen LogP contribution >= 0.6 is 0 Å². The fraction of sp³-hybridized carbons (Fsp3) is 1.00. The Labute approximate surface area is 70.8 Å². The van der Waals surface area contributed by atoms with Gasteiger partial charge in [0, 0.05) is 6.04 Å². The molecule has 1 saturated carbocycles. The van der Waals surface area contributed by atoms with E-state index in [9.17, 15) is 0 Å². The Bertz CT molecular complexity index is 91.0. The molecule has 0 spiro atoms. The monoisotopic (exact) mass is 155 g/mol. The van der Waals surface area contributed by atoms with Crippen molar-refractivity contribution in [3.8, 4) is 0 Å². The van der Waals surface area contributed by atoms with E-state index in [1.54, 1.807) is 0 Å². The molecular weight excluding hydrogens is 134 g/mol. The highest BCUT2D eigenvalue weighted by molar-refractivity contribution is 4.68. The first-order valence-electron chi connectivity index (χ1n) is 4.97.